The van der Waals surface area contributed by atoms with Crippen molar-refractivity contribution in [3.63, 3.8) is 0 Å². The molecule has 1 N–H and O–H groups in total. The van der Waals surface area contributed by atoms with Gasteiger partial charge >= 0.3 is 6.09 Å². The summed E-state index contributed by atoms with van der Waals surface area (Å²) in [7, 11) is 0. The molecule has 1 aromatic heterocycles. The van der Waals surface area contributed by atoms with Crippen molar-refractivity contribution in [3.05, 3.63) is 34.9 Å². The zero-order valence-corrected chi connectivity index (χ0v) is 22.1. The number of fused-ring (bicyclic) bond motifs is 2. The Morgan fingerprint density at radius 2 is 2.00 bits per heavy atom. The minimum Gasteiger partial charge on any atom is -0.483 e. The molecule has 1 aromatic carbocycles. The van der Waals surface area contributed by atoms with Gasteiger partial charge in [0.2, 0.25) is 5.75 Å². The van der Waals surface area contributed by atoms with E-state index in [4.69, 9.17) is 35.8 Å². The molecule has 3 aliphatic rings. The van der Waals surface area contributed by atoms with Crippen LogP contribution in [0.1, 0.15) is 39.2 Å². The van der Waals surface area contributed by atoms with Gasteiger partial charge in [-0.2, -0.15) is 10.2 Å². The van der Waals surface area contributed by atoms with Crippen molar-refractivity contribution in [1.82, 2.24) is 14.9 Å². The van der Waals surface area contributed by atoms with Gasteiger partial charge in [-0.25, -0.2) is 14.2 Å². The molecule has 1 aliphatic carbocycles. The smallest absolute Gasteiger partial charge is 0.410 e. The van der Waals surface area contributed by atoms with E-state index in [1.807, 2.05) is 26.8 Å². The lowest BCUT2D eigenvalue weighted by atomic mass is 9.84. The average molecular weight is 546 g/mol. The van der Waals surface area contributed by atoms with Crippen molar-refractivity contribution >= 4 is 29.2 Å². The number of benzene rings is 1. The highest BCUT2D eigenvalue weighted by Gasteiger charge is 2.47. The summed E-state index contributed by atoms with van der Waals surface area (Å²) in [6.45, 7) is 7.32. The number of anilines is 2. The van der Waals surface area contributed by atoms with E-state index in [0.717, 1.165) is 18.9 Å². The first kappa shape index (κ1) is 26.3. The molecule has 3 heterocycles. The molecule has 0 spiro atoms. The number of aromatic nitrogens is 2. The number of carbonyl (C=O) groups excluding carboxylic acids is 1. The van der Waals surface area contributed by atoms with Gasteiger partial charge in [0.05, 0.1) is 41.7 Å². The van der Waals surface area contributed by atoms with Crippen LogP contribution in [0.25, 0.3) is 0 Å². The van der Waals surface area contributed by atoms with E-state index in [0.29, 0.717) is 26.3 Å². The number of halogens is 2. The Kier molecular flexibility index (Phi) is 7.20. The Labute approximate surface area is 225 Å². The highest BCUT2D eigenvalue weighted by molar-refractivity contribution is 6.33. The van der Waals surface area contributed by atoms with Gasteiger partial charge in [0.15, 0.2) is 5.82 Å². The zero-order valence-electron chi connectivity index (χ0n) is 21.4. The minimum atomic E-state index is -0.711. The van der Waals surface area contributed by atoms with Gasteiger partial charge in [-0.3, -0.25) is 0 Å². The van der Waals surface area contributed by atoms with Gasteiger partial charge in [-0.1, -0.05) is 11.6 Å². The molecule has 2 aliphatic heterocycles. The molecular formula is C26H29ClFN5O5. The van der Waals surface area contributed by atoms with Crippen LogP contribution in [-0.4, -0.2) is 65.1 Å². The van der Waals surface area contributed by atoms with Crippen LogP contribution in [0, 0.1) is 29.0 Å². The van der Waals surface area contributed by atoms with E-state index in [1.54, 1.807) is 4.90 Å². The van der Waals surface area contributed by atoms with Gasteiger partial charge in [-0.05, 0) is 45.7 Å². The van der Waals surface area contributed by atoms with Crippen molar-refractivity contribution in [3.8, 4) is 17.7 Å². The molecule has 202 valence electrons. The topological polar surface area (TPSA) is 119 Å². The Bertz CT molecular complexity index is 1230. The monoisotopic (exact) mass is 545 g/mol. The van der Waals surface area contributed by atoms with Gasteiger partial charge in [0.1, 0.15) is 23.8 Å². The largest absolute Gasteiger partial charge is 0.483 e. The molecule has 3 fully saturated rings. The summed E-state index contributed by atoms with van der Waals surface area (Å²) in [4.78, 5) is 23.1. The number of piperidine rings is 1. The van der Waals surface area contributed by atoms with E-state index in [-0.39, 0.29) is 69.5 Å². The van der Waals surface area contributed by atoms with Gasteiger partial charge in [-0.15, -0.1) is 0 Å². The summed E-state index contributed by atoms with van der Waals surface area (Å²) in [6.07, 6.45) is 2.18. The number of hydrogen-bond donors (Lipinski definition) is 1. The molecule has 1 saturated carbocycles. The maximum absolute atomic E-state index is 14.7. The Hall–Kier alpha value is -3.36. The second-order valence-electron chi connectivity index (χ2n) is 10.4. The lowest BCUT2D eigenvalue weighted by Crippen LogP contribution is -2.59. The maximum atomic E-state index is 14.7. The molecule has 2 aromatic rings. The van der Waals surface area contributed by atoms with Crippen molar-refractivity contribution in [2.24, 2.45) is 11.8 Å². The fraction of sp³-hybridized carbons (Fsp3) is 0.538. The first-order valence-corrected chi connectivity index (χ1v) is 12.9. The van der Waals surface area contributed by atoms with E-state index in [9.17, 15) is 9.18 Å². The normalized spacial score (nSPS) is 23.4. The number of nitrogens with one attached hydrogen (secondary N) is 1. The predicted molar refractivity (Wildman–Crippen MR) is 135 cm³/mol. The number of hydrogen-bond acceptors (Lipinski definition) is 9. The molecule has 2 bridgehead atoms. The van der Waals surface area contributed by atoms with E-state index in [2.05, 4.69) is 15.3 Å². The summed E-state index contributed by atoms with van der Waals surface area (Å²) in [5.74, 6) is -0.378. The van der Waals surface area contributed by atoms with Crippen molar-refractivity contribution in [2.45, 2.75) is 51.4 Å². The first-order chi connectivity index (χ1) is 18.2. The summed E-state index contributed by atoms with van der Waals surface area (Å²) >= 11 is 6.24. The highest BCUT2D eigenvalue weighted by Crippen LogP contribution is 2.42. The molecule has 2 unspecified atom stereocenters. The van der Waals surface area contributed by atoms with Crippen LogP contribution in [0.2, 0.25) is 5.02 Å². The van der Waals surface area contributed by atoms with Crippen LogP contribution >= 0.6 is 11.6 Å². The van der Waals surface area contributed by atoms with Gasteiger partial charge < -0.3 is 29.2 Å². The van der Waals surface area contributed by atoms with Crippen LogP contribution in [0.15, 0.2) is 18.5 Å². The van der Waals surface area contributed by atoms with Crippen LogP contribution in [0.5, 0.6) is 11.6 Å². The molecule has 12 heteroatoms. The molecular weight excluding hydrogens is 517 g/mol. The quantitative estimate of drug-likeness (QED) is 0.528. The van der Waals surface area contributed by atoms with Crippen LogP contribution in [0.4, 0.5) is 20.7 Å². The Morgan fingerprint density at radius 1 is 1.29 bits per heavy atom. The number of carbonyl (C=O) groups is 1. The molecule has 10 nitrogen and oxygen atoms in total. The number of likely N-dealkylation sites (tertiary alicyclic amines) is 1. The molecule has 2 atom stereocenters. The summed E-state index contributed by atoms with van der Waals surface area (Å²) in [6, 6.07) is 4.31. The predicted octanol–water partition coefficient (Wildman–Crippen LogP) is 4.69. The third-order valence-electron chi connectivity index (χ3n) is 6.84. The fourth-order valence-corrected chi connectivity index (χ4v) is 4.93. The summed E-state index contributed by atoms with van der Waals surface area (Å²) < 4.78 is 38.6. The Balaban J connectivity index is 1.38. The summed E-state index contributed by atoms with van der Waals surface area (Å²) in [5.41, 5.74) is -0.301. The lowest BCUT2D eigenvalue weighted by molar-refractivity contribution is -0.112. The SMILES string of the molecule is CC(C)Oc1c(Nc2c(F)cc(C#N)cc2Cl)ncnc1OC1C2COCC1CN(C(=O)OC1(C)CC1)C2. The fourth-order valence-electron chi connectivity index (χ4n) is 4.67. The molecule has 1 amide bonds. The third-order valence-corrected chi connectivity index (χ3v) is 7.13. The van der Waals surface area contributed by atoms with Crippen LogP contribution < -0.4 is 14.8 Å². The molecule has 2 saturated heterocycles. The number of rotatable bonds is 7. The maximum Gasteiger partial charge on any atom is 0.410 e. The second-order valence-corrected chi connectivity index (χ2v) is 10.8. The van der Waals surface area contributed by atoms with E-state index >= 15 is 0 Å². The first-order valence-electron chi connectivity index (χ1n) is 12.6. The van der Waals surface area contributed by atoms with Crippen molar-refractivity contribution in [2.75, 3.05) is 31.6 Å². The van der Waals surface area contributed by atoms with Crippen LogP contribution in [0.3, 0.4) is 0 Å². The molecule has 38 heavy (non-hydrogen) atoms. The third kappa shape index (κ3) is 5.56. The number of nitrogens with zero attached hydrogens (tertiary/aromatic N) is 4. The standard InChI is InChI=1S/C26H29ClFN5O5/c1-14(2)36-22-23(32-20-18(27)6-15(8-29)7-19(20)28)30-13-31-24(22)37-21-16-9-33(10-17(21)12-35-11-16)25(34)38-26(3)4-5-26/h6-7,13-14,16-17,21H,4-5,9-12H2,1-3H3,(H,30,31,32). The number of ether oxygens (including phenoxy) is 4. The second kappa shape index (κ2) is 10.4. The van der Waals surface area contributed by atoms with Crippen molar-refractivity contribution in [1.29, 1.82) is 5.26 Å². The van der Waals surface area contributed by atoms with Gasteiger partial charge in [0, 0.05) is 24.9 Å². The molecule has 5 rings (SSSR count). The van der Waals surface area contributed by atoms with E-state index < -0.39 is 5.82 Å². The lowest BCUT2D eigenvalue weighted by Gasteiger charge is -2.46. The van der Waals surface area contributed by atoms with Gasteiger partial charge in [0.25, 0.3) is 5.88 Å². The number of nitriles is 1. The average Bonchev–Trinajstić information content (AvgIpc) is 3.58. The number of amides is 1. The zero-order chi connectivity index (χ0) is 27.0. The molecule has 0 radical (unpaired) electrons. The highest BCUT2D eigenvalue weighted by atomic mass is 35.5. The van der Waals surface area contributed by atoms with E-state index in [1.165, 1.54) is 12.4 Å². The van der Waals surface area contributed by atoms with Crippen LogP contribution in [-0.2, 0) is 9.47 Å². The van der Waals surface area contributed by atoms with Crippen molar-refractivity contribution < 1.29 is 28.1 Å². The minimum absolute atomic E-state index is 0.0177. The Morgan fingerprint density at radius 3 is 2.61 bits per heavy atom. The summed E-state index contributed by atoms with van der Waals surface area (Å²) in [5, 5.41) is 12.0.